The van der Waals surface area contributed by atoms with Crippen LogP contribution in [0.3, 0.4) is 0 Å². The van der Waals surface area contributed by atoms with Gasteiger partial charge in [-0.05, 0) is 77.0 Å². The molecule has 0 aliphatic heterocycles. The summed E-state index contributed by atoms with van der Waals surface area (Å²) in [4.78, 5) is 0. The number of aliphatic hydroxyl groups is 1. The molecule has 0 aromatic rings. The monoisotopic (exact) mass is 266 g/mol. The van der Waals surface area contributed by atoms with Gasteiger partial charge in [0, 0.05) is 0 Å². The fourth-order valence-corrected chi connectivity index (χ4v) is 3.65. The highest BCUT2D eigenvalue weighted by Gasteiger charge is 2.30. The number of hydrogen-bond donors (Lipinski definition) is 1. The van der Waals surface area contributed by atoms with Crippen molar-refractivity contribution in [3.63, 3.8) is 0 Å². The third-order valence-corrected chi connectivity index (χ3v) is 4.95. The molecule has 0 bridgehead atoms. The Labute approximate surface area is 118 Å². The Balaban J connectivity index is 1.66. The first-order chi connectivity index (χ1) is 9.15. The van der Waals surface area contributed by atoms with Crippen molar-refractivity contribution in [2.45, 2.75) is 77.4 Å². The lowest BCUT2D eigenvalue weighted by Gasteiger charge is -2.36. The molecule has 2 heteroatoms. The SMILES string of the molecule is CC(C)=CCOC1CCC(C2CCC(O)CC2)CC1. The minimum Gasteiger partial charge on any atom is -0.393 e. The average molecular weight is 266 g/mol. The van der Waals surface area contributed by atoms with Gasteiger partial charge in [-0.25, -0.2) is 0 Å². The second-order valence-corrected chi connectivity index (χ2v) is 6.72. The number of rotatable bonds is 4. The summed E-state index contributed by atoms with van der Waals surface area (Å²) in [5.74, 6) is 1.78. The fraction of sp³-hybridized carbons (Fsp3) is 0.882. The predicted octanol–water partition coefficient (Wildman–Crippen LogP) is 4.08. The maximum atomic E-state index is 9.58. The molecule has 2 saturated carbocycles. The highest BCUT2D eigenvalue weighted by atomic mass is 16.5. The van der Waals surface area contributed by atoms with Crippen LogP contribution in [0.25, 0.3) is 0 Å². The molecule has 0 saturated heterocycles. The maximum Gasteiger partial charge on any atom is 0.0653 e. The van der Waals surface area contributed by atoms with Crippen LogP contribution in [0, 0.1) is 11.8 Å². The summed E-state index contributed by atoms with van der Waals surface area (Å²) in [5.41, 5.74) is 1.34. The number of aliphatic hydroxyl groups excluding tert-OH is 1. The van der Waals surface area contributed by atoms with Gasteiger partial charge in [-0.15, -0.1) is 0 Å². The van der Waals surface area contributed by atoms with E-state index in [0.29, 0.717) is 6.10 Å². The van der Waals surface area contributed by atoms with Gasteiger partial charge >= 0.3 is 0 Å². The standard InChI is InChI=1S/C17H30O2/c1-13(2)11-12-19-17-9-5-15(6-10-17)14-3-7-16(18)8-4-14/h11,14-18H,3-10,12H2,1-2H3. The molecule has 0 unspecified atom stereocenters. The summed E-state index contributed by atoms with van der Waals surface area (Å²) in [7, 11) is 0. The summed E-state index contributed by atoms with van der Waals surface area (Å²) in [5, 5.41) is 9.58. The van der Waals surface area contributed by atoms with E-state index in [0.717, 1.165) is 31.3 Å². The van der Waals surface area contributed by atoms with Crippen molar-refractivity contribution in [1.29, 1.82) is 0 Å². The largest absolute Gasteiger partial charge is 0.393 e. The van der Waals surface area contributed by atoms with Crippen LogP contribution in [-0.2, 0) is 4.74 Å². The van der Waals surface area contributed by atoms with E-state index in [1.165, 1.54) is 44.1 Å². The molecule has 2 rings (SSSR count). The Hall–Kier alpha value is -0.340. The van der Waals surface area contributed by atoms with Gasteiger partial charge in [0.1, 0.15) is 0 Å². The number of ether oxygens (including phenoxy) is 1. The first kappa shape index (κ1) is 15.1. The lowest BCUT2D eigenvalue weighted by molar-refractivity contribution is 0.0155. The predicted molar refractivity (Wildman–Crippen MR) is 79.1 cm³/mol. The maximum absolute atomic E-state index is 9.58. The second-order valence-electron chi connectivity index (χ2n) is 6.72. The molecule has 2 nitrogen and oxygen atoms in total. The summed E-state index contributed by atoms with van der Waals surface area (Å²) < 4.78 is 5.93. The van der Waals surface area contributed by atoms with E-state index in [2.05, 4.69) is 19.9 Å². The Kier molecular flexibility index (Phi) is 5.90. The number of hydrogen-bond acceptors (Lipinski definition) is 2. The van der Waals surface area contributed by atoms with Gasteiger partial charge in [-0.3, -0.25) is 0 Å². The van der Waals surface area contributed by atoms with Crippen LogP contribution in [0.1, 0.15) is 65.2 Å². The molecule has 0 amide bonds. The van der Waals surface area contributed by atoms with E-state index in [9.17, 15) is 5.11 Å². The van der Waals surface area contributed by atoms with E-state index >= 15 is 0 Å². The van der Waals surface area contributed by atoms with Crippen LogP contribution in [0.15, 0.2) is 11.6 Å². The van der Waals surface area contributed by atoms with Crippen molar-refractivity contribution in [1.82, 2.24) is 0 Å². The minimum atomic E-state index is -0.0139. The van der Waals surface area contributed by atoms with Gasteiger partial charge in [0.15, 0.2) is 0 Å². The van der Waals surface area contributed by atoms with Crippen molar-refractivity contribution < 1.29 is 9.84 Å². The first-order valence-corrected chi connectivity index (χ1v) is 8.08. The molecular weight excluding hydrogens is 236 g/mol. The van der Waals surface area contributed by atoms with Crippen LogP contribution in [-0.4, -0.2) is 23.9 Å². The zero-order chi connectivity index (χ0) is 13.7. The van der Waals surface area contributed by atoms with E-state index in [-0.39, 0.29) is 6.10 Å². The zero-order valence-corrected chi connectivity index (χ0v) is 12.6. The third kappa shape index (κ3) is 4.92. The Bertz CT molecular complexity index is 278. The van der Waals surface area contributed by atoms with Crippen LogP contribution in [0.5, 0.6) is 0 Å². The molecule has 0 atom stereocenters. The normalized spacial score (nSPS) is 35.9. The fourth-order valence-electron chi connectivity index (χ4n) is 3.65. The van der Waals surface area contributed by atoms with Gasteiger partial charge in [0.05, 0.1) is 18.8 Å². The van der Waals surface area contributed by atoms with E-state index < -0.39 is 0 Å². The number of allylic oxidation sites excluding steroid dienone is 1. The van der Waals surface area contributed by atoms with Crippen molar-refractivity contribution in [2.75, 3.05) is 6.61 Å². The quantitative estimate of drug-likeness (QED) is 0.777. The summed E-state index contributed by atoms with van der Waals surface area (Å²) in [6.07, 6.45) is 12.3. The van der Waals surface area contributed by atoms with Gasteiger partial charge in [0.2, 0.25) is 0 Å². The molecule has 0 aromatic heterocycles. The van der Waals surface area contributed by atoms with Gasteiger partial charge in [-0.2, -0.15) is 0 Å². The summed E-state index contributed by atoms with van der Waals surface area (Å²) in [6.45, 7) is 5.03. The molecule has 19 heavy (non-hydrogen) atoms. The highest BCUT2D eigenvalue weighted by Crippen LogP contribution is 2.38. The minimum absolute atomic E-state index is 0.0139. The van der Waals surface area contributed by atoms with Crippen molar-refractivity contribution in [3.05, 3.63) is 11.6 Å². The average Bonchev–Trinajstić information content (AvgIpc) is 2.40. The summed E-state index contributed by atoms with van der Waals surface area (Å²) >= 11 is 0. The van der Waals surface area contributed by atoms with Crippen LogP contribution in [0.2, 0.25) is 0 Å². The molecule has 2 aliphatic carbocycles. The lowest BCUT2D eigenvalue weighted by Crippen LogP contribution is -2.29. The van der Waals surface area contributed by atoms with Crippen molar-refractivity contribution in [3.8, 4) is 0 Å². The van der Waals surface area contributed by atoms with Gasteiger partial charge in [-0.1, -0.05) is 11.6 Å². The van der Waals surface area contributed by atoms with Crippen molar-refractivity contribution >= 4 is 0 Å². The van der Waals surface area contributed by atoms with E-state index in [4.69, 9.17) is 4.74 Å². The van der Waals surface area contributed by atoms with Gasteiger partial charge in [0.25, 0.3) is 0 Å². The molecule has 0 spiro atoms. The summed E-state index contributed by atoms with van der Waals surface area (Å²) in [6, 6.07) is 0. The molecular formula is C17H30O2. The zero-order valence-electron chi connectivity index (χ0n) is 12.6. The second kappa shape index (κ2) is 7.44. The molecule has 1 N–H and O–H groups in total. The van der Waals surface area contributed by atoms with E-state index in [1.807, 2.05) is 0 Å². The van der Waals surface area contributed by atoms with Gasteiger partial charge < -0.3 is 9.84 Å². The Morgan fingerprint density at radius 3 is 2.00 bits per heavy atom. The first-order valence-electron chi connectivity index (χ1n) is 8.08. The van der Waals surface area contributed by atoms with Crippen LogP contribution < -0.4 is 0 Å². The van der Waals surface area contributed by atoms with Crippen LogP contribution in [0.4, 0.5) is 0 Å². The molecule has 2 aliphatic rings. The van der Waals surface area contributed by atoms with E-state index in [1.54, 1.807) is 0 Å². The highest BCUT2D eigenvalue weighted by molar-refractivity contribution is 4.93. The topological polar surface area (TPSA) is 29.5 Å². The lowest BCUT2D eigenvalue weighted by atomic mass is 9.72. The van der Waals surface area contributed by atoms with Crippen molar-refractivity contribution in [2.24, 2.45) is 11.8 Å². The third-order valence-electron chi connectivity index (χ3n) is 4.95. The molecule has 2 fully saturated rings. The smallest absolute Gasteiger partial charge is 0.0653 e. The Morgan fingerprint density at radius 2 is 1.47 bits per heavy atom. The Morgan fingerprint density at radius 1 is 0.947 bits per heavy atom. The molecule has 0 aromatic carbocycles. The molecule has 0 radical (unpaired) electrons. The van der Waals surface area contributed by atoms with Crippen LogP contribution >= 0.6 is 0 Å². The molecule has 0 heterocycles. The molecule has 110 valence electrons.